The van der Waals surface area contributed by atoms with Crippen molar-refractivity contribution in [3.05, 3.63) is 28.8 Å². The molecule has 2 N–H and O–H groups in total. The fourth-order valence-corrected chi connectivity index (χ4v) is 1.56. The maximum absolute atomic E-state index is 5.92. The maximum Gasteiger partial charge on any atom is 0.122 e. The van der Waals surface area contributed by atoms with Crippen LogP contribution in [0.1, 0.15) is 25.3 Å². The number of hydrogen-bond donors (Lipinski definition) is 1. The third kappa shape index (κ3) is 4.10. The van der Waals surface area contributed by atoms with Crippen LogP contribution in [0.2, 0.25) is 5.02 Å². The average molecular weight is 228 g/mol. The second kappa shape index (κ2) is 6.70. The Kier molecular flexibility index (Phi) is 5.51. The molecule has 0 bridgehead atoms. The van der Waals surface area contributed by atoms with Crippen molar-refractivity contribution in [2.75, 3.05) is 13.2 Å². The van der Waals surface area contributed by atoms with E-state index in [1.807, 2.05) is 18.2 Å². The van der Waals surface area contributed by atoms with E-state index in [1.165, 1.54) is 0 Å². The second-order valence-electron chi connectivity index (χ2n) is 3.49. The highest BCUT2D eigenvalue weighted by atomic mass is 35.5. The molecule has 0 aliphatic carbocycles. The molecule has 15 heavy (non-hydrogen) atoms. The molecule has 1 aromatic rings. The van der Waals surface area contributed by atoms with Gasteiger partial charge in [-0.2, -0.15) is 0 Å². The molecule has 0 fully saturated rings. The van der Waals surface area contributed by atoms with Gasteiger partial charge in [0.2, 0.25) is 0 Å². The molecule has 0 spiro atoms. The van der Waals surface area contributed by atoms with Crippen LogP contribution >= 0.6 is 11.6 Å². The Bertz CT molecular complexity index is 302. The van der Waals surface area contributed by atoms with Gasteiger partial charge in [0, 0.05) is 5.02 Å². The van der Waals surface area contributed by atoms with Gasteiger partial charge in [-0.1, -0.05) is 24.9 Å². The minimum absolute atomic E-state index is 0.616. The zero-order chi connectivity index (χ0) is 11.1. The van der Waals surface area contributed by atoms with E-state index in [1.54, 1.807) is 0 Å². The van der Waals surface area contributed by atoms with Crippen molar-refractivity contribution >= 4 is 11.6 Å². The first-order valence-electron chi connectivity index (χ1n) is 5.39. The number of unbranched alkanes of at least 4 members (excludes halogenated alkanes) is 1. The van der Waals surface area contributed by atoms with E-state index in [0.717, 1.165) is 42.2 Å². The lowest BCUT2D eigenvalue weighted by atomic mass is 10.1. The van der Waals surface area contributed by atoms with Crippen LogP contribution in [0.4, 0.5) is 0 Å². The largest absolute Gasteiger partial charge is 0.493 e. The molecule has 0 saturated heterocycles. The van der Waals surface area contributed by atoms with E-state index in [0.29, 0.717) is 6.54 Å². The summed E-state index contributed by atoms with van der Waals surface area (Å²) < 4.78 is 5.67. The summed E-state index contributed by atoms with van der Waals surface area (Å²) in [7, 11) is 0. The van der Waals surface area contributed by atoms with Crippen molar-refractivity contribution < 1.29 is 4.74 Å². The van der Waals surface area contributed by atoms with Crippen molar-refractivity contribution in [2.24, 2.45) is 5.73 Å². The van der Waals surface area contributed by atoms with Crippen LogP contribution in [0.3, 0.4) is 0 Å². The lowest BCUT2D eigenvalue weighted by Gasteiger charge is -2.10. The summed E-state index contributed by atoms with van der Waals surface area (Å²) in [5.74, 6) is 0.915. The van der Waals surface area contributed by atoms with E-state index in [9.17, 15) is 0 Å². The van der Waals surface area contributed by atoms with Crippen molar-refractivity contribution in [2.45, 2.75) is 26.2 Å². The number of benzene rings is 1. The predicted molar refractivity (Wildman–Crippen MR) is 64.6 cm³/mol. The lowest BCUT2D eigenvalue weighted by molar-refractivity contribution is 0.306. The first-order chi connectivity index (χ1) is 7.27. The zero-order valence-corrected chi connectivity index (χ0v) is 9.89. The maximum atomic E-state index is 5.92. The summed E-state index contributed by atoms with van der Waals surface area (Å²) in [6.07, 6.45) is 3.02. The van der Waals surface area contributed by atoms with Crippen LogP contribution in [-0.2, 0) is 6.42 Å². The van der Waals surface area contributed by atoms with Crippen LogP contribution in [0.15, 0.2) is 18.2 Å². The predicted octanol–water partition coefficient (Wildman–Crippen LogP) is 3.02. The highest BCUT2D eigenvalue weighted by molar-refractivity contribution is 6.30. The molecule has 1 aromatic carbocycles. The summed E-state index contributed by atoms with van der Waals surface area (Å²) >= 11 is 5.92. The summed E-state index contributed by atoms with van der Waals surface area (Å²) in [6, 6.07) is 5.70. The minimum Gasteiger partial charge on any atom is -0.493 e. The van der Waals surface area contributed by atoms with E-state index >= 15 is 0 Å². The monoisotopic (exact) mass is 227 g/mol. The normalized spacial score (nSPS) is 10.3. The summed E-state index contributed by atoms with van der Waals surface area (Å²) in [4.78, 5) is 0. The van der Waals surface area contributed by atoms with Crippen LogP contribution in [0.5, 0.6) is 5.75 Å². The molecular weight excluding hydrogens is 210 g/mol. The molecule has 0 heterocycles. The molecule has 0 atom stereocenters. The third-order valence-corrected chi connectivity index (χ3v) is 2.43. The molecule has 0 aromatic heterocycles. The van der Waals surface area contributed by atoms with Crippen LogP contribution in [-0.4, -0.2) is 13.2 Å². The van der Waals surface area contributed by atoms with Gasteiger partial charge < -0.3 is 10.5 Å². The molecule has 0 radical (unpaired) electrons. The Morgan fingerprint density at radius 1 is 1.40 bits per heavy atom. The Hall–Kier alpha value is -0.730. The molecule has 3 heteroatoms. The molecule has 2 nitrogen and oxygen atoms in total. The smallest absolute Gasteiger partial charge is 0.122 e. The molecular formula is C12H18ClNO. The van der Waals surface area contributed by atoms with Crippen molar-refractivity contribution in [3.8, 4) is 5.75 Å². The Morgan fingerprint density at radius 3 is 2.87 bits per heavy atom. The minimum atomic E-state index is 0.616. The van der Waals surface area contributed by atoms with Crippen LogP contribution < -0.4 is 10.5 Å². The van der Waals surface area contributed by atoms with Crippen molar-refractivity contribution in [1.82, 2.24) is 0 Å². The summed E-state index contributed by atoms with van der Waals surface area (Å²) in [6.45, 7) is 3.52. The van der Waals surface area contributed by atoms with E-state index in [4.69, 9.17) is 22.1 Å². The van der Waals surface area contributed by atoms with Gasteiger partial charge in [0.05, 0.1) is 6.61 Å². The SMILES string of the molecule is CCCCOc1ccc(Cl)cc1CCN. The third-order valence-electron chi connectivity index (χ3n) is 2.19. The van der Waals surface area contributed by atoms with Crippen LogP contribution in [0, 0.1) is 0 Å². The standard InChI is InChI=1S/C12H18ClNO/c1-2-3-8-15-12-5-4-11(13)9-10(12)6-7-14/h4-5,9H,2-3,6-8,14H2,1H3. The molecule has 0 aliphatic heterocycles. The summed E-state index contributed by atoms with van der Waals surface area (Å²) in [5.41, 5.74) is 6.63. The molecule has 0 saturated carbocycles. The first kappa shape index (κ1) is 12.3. The number of ether oxygens (including phenoxy) is 1. The first-order valence-corrected chi connectivity index (χ1v) is 5.77. The topological polar surface area (TPSA) is 35.2 Å². The molecule has 1 rings (SSSR count). The number of halogens is 1. The molecule has 0 unspecified atom stereocenters. The average Bonchev–Trinajstić information content (AvgIpc) is 2.22. The molecule has 0 aliphatic rings. The van der Waals surface area contributed by atoms with E-state index in [2.05, 4.69) is 6.92 Å². The van der Waals surface area contributed by atoms with Crippen LogP contribution in [0.25, 0.3) is 0 Å². The van der Waals surface area contributed by atoms with Gasteiger partial charge in [-0.05, 0) is 43.1 Å². The van der Waals surface area contributed by atoms with Crippen molar-refractivity contribution in [1.29, 1.82) is 0 Å². The lowest BCUT2D eigenvalue weighted by Crippen LogP contribution is -2.06. The van der Waals surface area contributed by atoms with Crippen molar-refractivity contribution in [3.63, 3.8) is 0 Å². The van der Waals surface area contributed by atoms with Gasteiger partial charge in [0.1, 0.15) is 5.75 Å². The van der Waals surface area contributed by atoms with Gasteiger partial charge in [-0.25, -0.2) is 0 Å². The van der Waals surface area contributed by atoms with E-state index < -0.39 is 0 Å². The fourth-order valence-electron chi connectivity index (χ4n) is 1.37. The van der Waals surface area contributed by atoms with Gasteiger partial charge in [0.25, 0.3) is 0 Å². The number of hydrogen-bond acceptors (Lipinski definition) is 2. The second-order valence-corrected chi connectivity index (χ2v) is 3.93. The Labute approximate surface area is 96.4 Å². The summed E-state index contributed by atoms with van der Waals surface area (Å²) in [5, 5.41) is 0.737. The fraction of sp³-hybridized carbons (Fsp3) is 0.500. The van der Waals surface area contributed by atoms with Gasteiger partial charge in [0.15, 0.2) is 0 Å². The van der Waals surface area contributed by atoms with Gasteiger partial charge in [-0.15, -0.1) is 0 Å². The number of nitrogens with two attached hydrogens (primary N) is 1. The Balaban J connectivity index is 2.67. The molecule has 84 valence electrons. The Morgan fingerprint density at radius 2 is 2.20 bits per heavy atom. The quantitative estimate of drug-likeness (QED) is 0.759. The molecule has 0 amide bonds. The highest BCUT2D eigenvalue weighted by Crippen LogP contribution is 2.23. The van der Waals surface area contributed by atoms with E-state index in [-0.39, 0.29) is 0 Å². The van der Waals surface area contributed by atoms with Gasteiger partial charge in [-0.3, -0.25) is 0 Å². The zero-order valence-electron chi connectivity index (χ0n) is 9.13. The number of rotatable bonds is 6. The van der Waals surface area contributed by atoms with Gasteiger partial charge >= 0.3 is 0 Å². The highest BCUT2D eigenvalue weighted by Gasteiger charge is 2.03.